The molecule has 0 aliphatic carbocycles. The van der Waals surface area contributed by atoms with Crippen molar-refractivity contribution < 1.29 is 23.0 Å². The highest BCUT2D eigenvalue weighted by atomic mass is 19.3. The fraction of sp³-hybridized carbons (Fsp3) is 0.429. The largest absolute Gasteiger partial charge is 0.493 e. The molecule has 1 saturated heterocycles. The summed E-state index contributed by atoms with van der Waals surface area (Å²) in [4.78, 5) is 12.8. The number of halogens is 2. The third-order valence-corrected chi connectivity index (χ3v) is 7.35. The van der Waals surface area contributed by atoms with E-state index in [0.29, 0.717) is 28.6 Å². The number of aryl methyl sites for hydroxylation is 1. The molecule has 8 nitrogen and oxygen atoms in total. The fourth-order valence-corrected chi connectivity index (χ4v) is 5.30. The topological polar surface area (TPSA) is 89.4 Å². The zero-order valence-electron chi connectivity index (χ0n) is 21.8. The molecule has 3 atom stereocenters. The summed E-state index contributed by atoms with van der Waals surface area (Å²) in [6, 6.07) is 11.3. The lowest BCUT2D eigenvalue weighted by Gasteiger charge is -2.32. The third kappa shape index (κ3) is 5.18. The number of amides is 1. The minimum absolute atomic E-state index is 0.116. The standard InChI is InChI=1S/C28H33F2N5O3/c1-16-11-18(28(36)32-19-5-4-10-31-15-19)6-8-20(16)22-14-26-33-21(13-23(27(29)30)35(26)34-22)17-7-9-24(37-2)25(12-17)38-3/h6-9,11-12,14,19,21,23,27,31,33H,4-5,10,13,15H2,1-3H3,(H,32,36)/t19-,21?,23?/m1/s1. The fourth-order valence-electron chi connectivity index (χ4n) is 5.30. The Morgan fingerprint density at radius 1 is 1.13 bits per heavy atom. The molecule has 1 aromatic heterocycles. The molecule has 0 radical (unpaired) electrons. The summed E-state index contributed by atoms with van der Waals surface area (Å²) in [5, 5.41) is 14.3. The lowest BCUT2D eigenvalue weighted by atomic mass is 9.97. The van der Waals surface area contributed by atoms with E-state index >= 15 is 0 Å². The molecule has 1 fully saturated rings. The Bertz CT molecular complexity index is 1310. The van der Waals surface area contributed by atoms with Crippen molar-refractivity contribution in [2.24, 2.45) is 0 Å². The maximum absolute atomic E-state index is 14.2. The zero-order chi connectivity index (χ0) is 26.8. The van der Waals surface area contributed by atoms with Gasteiger partial charge in [-0.2, -0.15) is 5.10 Å². The number of hydrogen-bond donors (Lipinski definition) is 3. The number of methoxy groups -OCH3 is 2. The summed E-state index contributed by atoms with van der Waals surface area (Å²) < 4.78 is 40.5. The Hall–Kier alpha value is -3.66. The van der Waals surface area contributed by atoms with Crippen molar-refractivity contribution in [3.63, 3.8) is 0 Å². The molecule has 0 bridgehead atoms. The van der Waals surface area contributed by atoms with Crippen LogP contribution in [0.5, 0.6) is 11.5 Å². The predicted octanol–water partition coefficient (Wildman–Crippen LogP) is 4.72. The Kier molecular flexibility index (Phi) is 7.51. The predicted molar refractivity (Wildman–Crippen MR) is 141 cm³/mol. The first-order valence-corrected chi connectivity index (χ1v) is 12.9. The molecule has 3 aromatic rings. The van der Waals surface area contributed by atoms with Crippen LogP contribution in [0.2, 0.25) is 0 Å². The lowest BCUT2D eigenvalue weighted by molar-refractivity contribution is 0.0659. The van der Waals surface area contributed by atoms with Crippen molar-refractivity contribution >= 4 is 11.7 Å². The molecular weight excluding hydrogens is 492 g/mol. The van der Waals surface area contributed by atoms with E-state index in [0.717, 1.165) is 42.6 Å². The van der Waals surface area contributed by atoms with Crippen molar-refractivity contribution in [1.82, 2.24) is 20.4 Å². The summed E-state index contributed by atoms with van der Waals surface area (Å²) in [5.74, 6) is 1.52. The van der Waals surface area contributed by atoms with Crippen LogP contribution in [0.4, 0.5) is 14.6 Å². The number of anilines is 1. The molecule has 2 aliphatic rings. The van der Waals surface area contributed by atoms with Gasteiger partial charge in [-0.1, -0.05) is 12.1 Å². The normalized spacial score (nSPS) is 20.9. The van der Waals surface area contributed by atoms with Crippen LogP contribution in [-0.2, 0) is 0 Å². The maximum atomic E-state index is 14.2. The first-order valence-electron chi connectivity index (χ1n) is 12.9. The number of carbonyl (C=O) groups excluding carboxylic acids is 1. The van der Waals surface area contributed by atoms with Gasteiger partial charge in [-0.15, -0.1) is 0 Å². The highest BCUT2D eigenvalue weighted by Gasteiger charge is 2.35. The van der Waals surface area contributed by atoms with Crippen molar-refractivity contribution in [3.8, 4) is 22.8 Å². The summed E-state index contributed by atoms with van der Waals surface area (Å²) in [6.07, 6.45) is -0.435. The van der Waals surface area contributed by atoms with Crippen molar-refractivity contribution in [2.75, 3.05) is 32.6 Å². The molecule has 2 unspecified atom stereocenters. The van der Waals surface area contributed by atoms with Crippen LogP contribution in [-0.4, -0.2) is 55.5 Å². The molecule has 2 aromatic carbocycles. The van der Waals surface area contributed by atoms with Gasteiger partial charge in [0.1, 0.15) is 11.9 Å². The van der Waals surface area contributed by atoms with Crippen molar-refractivity contribution in [1.29, 1.82) is 0 Å². The average Bonchev–Trinajstić information content (AvgIpc) is 3.36. The number of benzene rings is 2. The summed E-state index contributed by atoms with van der Waals surface area (Å²) in [6.45, 7) is 3.65. The molecule has 0 spiro atoms. The van der Waals surface area contributed by atoms with Crippen LogP contribution in [0.1, 0.15) is 52.8 Å². The van der Waals surface area contributed by atoms with E-state index in [4.69, 9.17) is 9.47 Å². The molecule has 1 amide bonds. The second-order valence-electron chi connectivity index (χ2n) is 9.85. The van der Waals surface area contributed by atoms with Crippen LogP contribution in [0.15, 0.2) is 42.5 Å². The highest BCUT2D eigenvalue weighted by molar-refractivity contribution is 5.95. The number of nitrogens with zero attached hydrogens (tertiary/aromatic N) is 2. The van der Waals surface area contributed by atoms with Crippen LogP contribution in [0.3, 0.4) is 0 Å². The van der Waals surface area contributed by atoms with Gasteiger partial charge in [0.05, 0.1) is 26.0 Å². The van der Waals surface area contributed by atoms with E-state index in [1.165, 1.54) is 4.68 Å². The number of piperidine rings is 1. The molecule has 3 N–H and O–H groups in total. The van der Waals surface area contributed by atoms with Gasteiger partial charge in [0.2, 0.25) is 0 Å². The average molecular weight is 526 g/mol. The minimum atomic E-state index is -2.59. The molecule has 3 heterocycles. The SMILES string of the molecule is COc1ccc(C2CC(C(F)F)n3nc(-c4ccc(C(=O)N[C@@H]5CCCNC5)cc4C)cc3N2)cc1OC. The number of aromatic nitrogens is 2. The van der Waals surface area contributed by atoms with E-state index in [1.54, 1.807) is 32.4 Å². The van der Waals surface area contributed by atoms with Crippen LogP contribution in [0, 0.1) is 6.92 Å². The molecule has 5 rings (SSSR count). The molecule has 2 aliphatic heterocycles. The number of rotatable bonds is 7. The van der Waals surface area contributed by atoms with Crippen molar-refractivity contribution in [2.45, 2.75) is 50.7 Å². The smallest absolute Gasteiger partial charge is 0.260 e. The number of ether oxygens (including phenoxy) is 2. The summed E-state index contributed by atoms with van der Waals surface area (Å²) in [7, 11) is 3.10. The van der Waals surface area contributed by atoms with E-state index in [9.17, 15) is 13.6 Å². The number of nitrogens with one attached hydrogen (secondary N) is 3. The summed E-state index contributed by atoms with van der Waals surface area (Å²) >= 11 is 0. The molecule has 10 heteroatoms. The highest BCUT2D eigenvalue weighted by Crippen LogP contribution is 2.41. The van der Waals surface area contributed by atoms with Crippen molar-refractivity contribution in [3.05, 3.63) is 59.2 Å². The Balaban J connectivity index is 1.40. The zero-order valence-corrected chi connectivity index (χ0v) is 21.8. The van der Waals surface area contributed by atoms with Gasteiger partial charge in [0, 0.05) is 29.8 Å². The number of fused-ring (bicyclic) bond motifs is 1. The second-order valence-corrected chi connectivity index (χ2v) is 9.85. The van der Waals surface area contributed by atoms with Gasteiger partial charge >= 0.3 is 0 Å². The molecular formula is C28H33F2N5O3. The van der Waals surface area contributed by atoms with Gasteiger partial charge in [-0.25, -0.2) is 13.5 Å². The summed E-state index contributed by atoms with van der Waals surface area (Å²) in [5.41, 5.74) is 3.60. The minimum Gasteiger partial charge on any atom is -0.493 e. The first kappa shape index (κ1) is 26.0. The van der Waals surface area contributed by atoms with E-state index in [-0.39, 0.29) is 24.4 Å². The van der Waals surface area contributed by atoms with Gasteiger partial charge in [-0.3, -0.25) is 4.79 Å². The van der Waals surface area contributed by atoms with Crippen LogP contribution < -0.4 is 25.4 Å². The number of hydrogen-bond acceptors (Lipinski definition) is 6. The number of carbonyl (C=O) groups is 1. The quantitative estimate of drug-likeness (QED) is 0.414. The number of alkyl halides is 2. The monoisotopic (exact) mass is 525 g/mol. The second kappa shape index (κ2) is 11.0. The molecule has 38 heavy (non-hydrogen) atoms. The molecule has 0 saturated carbocycles. The Morgan fingerprint density at radius 2 is 1.95 bits per heavy atom. The van der Waals surface area contributed by atoms with Gasteiger partial charge in [0.25, 0.3) is 12.3 Å². The molecule has 202 valence electrons. The third-order valence-electron chi connectivity index (χ3n) is 7.35. The van der Waals surface area contributed by atoms with E-state index < -0.39 is 12.5 Å². The van der Waals surface area contributed by atoms with Gasteiger partial charge < -0.3 is 25.4 Å². The van der Waals surface area contributed by atoms with Gasteiger partial charge in [0.15, 0.2) is 11.5 Å². The maximum Gasteiger partial charge on any atom is 0.260 e. The van der Waals surface area contributed by atoms with Crippen LogP contribution in [0.25, 0.3) is 11.3 Å². The Morgan fingerprint density at radius 3 is 2.63 bits per heavy atom. The lowest BCUT2D eigenvalue weighted by Crippen LogP contribution is -2.45. The van der Waals surface area contributed by atoms with Crippen LogP contribution >= 0.6 is 0 Å². The first-order chi connectivity index (χ1) is 18.4. The van der Waals surface area contributed by atoms with E-state index in [2.05, 4.69) is 21.0 Å². The Labute approximate surface area is 220 Å². The van der Waals surface area contributed by atoms with E-state index in [1.807, 2.05) is 31.2 Å². The van der Waals surface area contributed by atoms with Gasteiger partial charge in [-0.05, 0) is 68.1 Å².